The number of rotatable bonds is 5. The van der Waals surface area contributed by atoms with E-state index in [9.17, 15) is 19.5 Å². The van der Waals surface area contributed by atoms with E-state index in [1.165, 1.54) is 0 Å². The van der Waals surface area contributed by atoms with Gasteiger partial charge in [0.2, 0.25) is 5.91 Å². The van der Waals surface area contributed by atoms with Crippen molar-refractivity contribution in [1.29, 1.82) is 0 Å². The van der Waals surface area contributed by atoms with Crippen LogP contribution in [0, 0.1) is 11.8 Å². The monoisotopic (exact) mass is 355 g/mol. The number of hydrogen-bond donors (Lipinski definition) is 3. The van der Waals surface area contributed by atoms with Gasteiger partial charge in [-0.05, 0) is 18.8 Å². The quantitative estimate of drug-likeness (QED) is 0.676. The van der Waals surface area contributed by atoms with Crippen LogP contribution < -0.4 is 10.6 Å². The number of carbonyl (C=O) groups is 3. The van der Waals surface area contributed by atoms with Crippen LogP contribution >= 0.6 is 0 Å². The molecule has 1 unspecified atom stereocenters. The molecule has 0 aromatic heterocycles. The van der Waals surface area contributed by atoms with Gasteiger partial charge in [0.1, 0.15) is 5.54 Å². The molecule has 8 nitrogen and oxygen atoms in total. The number of urea groups is 1. The molecule has 2 aliphatic rings. The van der Waals surface area contributed by atoms with Crippen molar-refractivity contribution in [3.8, 4) is 0 Å². The van der Waals surface area contributed by atoms with Gasteiger partial charge >= 0.3 is 12.0 Å². The highest BCUT2D eigenvalue weighted by molar-refractivity contribution is 5.88. The molecule has 2 saturated heterocycles. The molecule has 142 valence electrons. The van der Waals surface area contributed by atoms with Gasteiger partial charge in [0, 0.05) is 45.7 Å². The molecule has 0 bridgehead atoms. The van der Waals surface area contributed by atoms with Crippen LogP contribution in [-0.4, -0.2) is 66.3 Å². The minimum Gasteiger partial charge on any atom is -0.480 e. The molecule has 1 atom stereocenters. The van der Waals surface area contributed by atoms with E-state index in [0.717, 1.165) is 6.42 Å². The Morgan fingerprint density at radius 3 is 2.56 bits per heavy atom. The summed E-state index contributed by atoms with van der Waals surface area (Å²) < 4.78 is 5.22. The number of likely N-dealkylation sites (tertiary alicyclic amines) is 1. The molecule has 0 spiro atoms. The van der Waals surface area contributed by atoms with Gasteiger partial charge in [0.15, 0.2) is 0 Å². The van der Waals surface area contributed by atoms with Crippen LogP contribution in [0.4, 0.5) is 4.79 Å². The Morgan fingerprint density at radius 2 is 1.96 bits per heavy atom. The molecule has 0 aromatic carbocycles. The van der Waals surface area contributed by atoms with Crippen molar-refractivity contribution in [3.63, 3.8) is 0 Å². The van der Waals surface area contributed by atoms with Crippen molar-refractivity contribution < 1.29 is 24.2 Å². The maximum Gasteiger partial charge on any atom is 0.329 e. The number of carbonyl (C=O) groups excluding carboxylic acids is 2. The fraction of sp³-hybridized carbons (Fsp3) is 0.824. The lowest BCUT2D eigenvalue weighted by atomic mass is 9.88. The number of piperidine rings is 1. The van der Waals surface area contributed by atoms with E-state index in [0.29, 0.717) is 45.2 Å². The van der Waals surface area contributed by atoms with Crippen LogP contribution in [0.3, 0.4) is 0 Å². The predicted octanol–water partition coefficient (Wildman–Crippen LogP) is 0.814. The first kappa shape index (κ1) is 19.5. The van der Waals surface area contributed by atoms with Gasteiger partial charge in [0.05, 0.1) is 5.92 Å². The Bertz CT molecular complexity index is 503. The Hall–Kier alpha value is -1.83. The largest absolute Gasteiger partial charge is 0.480 e. The molecule has 8 heteroatoms. The number of ether oxygens (including phenoxy) is 1. The van der Waals surface area contributed by atoms with E-state index in [1.807, 2.05) is 13.8 Å². The summed E-state index contributed by atoms with van der Waals surface area (Å²) in [4.78, 5) is 38.2. The smallest absolute Gasteiger partial charge is 0.329 e. The third-order valence-corrected chi connectivity index (χ3v) is 4.86. The molecule has 0 aliphatic carbocycles. The summed E-state index contributed by atoms with van der Waals surface area (Å²) in [6.45, 7) is 6.21. The summed E-state index contributed by atoms with van der Waals surface area (Å²) in [5, 5.41) is 15.2. The minimum atomic E-state index is -1.25. The third kappa shape index (κ3) is 5.07. The molecule has 3 amide bonds. The molecule has 3 N–H and O–H groups in total. The van der Waals surface area contributed by atoms with Crippen LogP contribution in [0.1, 0.15) is 39.5 Å². The van der Waals surface area contributed by atoms with Crippen LogP contribution in [-0.2, 0) is 14.3 Å². The third-order valence-electron chi connectivity index (χ3n) is 4.86. The van der Waals surface area contributed by atoms with Crippen molar-refractivity contribution in [2.75, 3.05) is 32.8 Å². The maximum atomic E-state index is 12.6. The second kappa shape index (κ2) is 8.51. The summed E-state index contributed by atoms with van der Waals surface area (Å²) in [5.74, 6) is -1.33. The van der Waals surface area contributed by atoms with Crippen LogP contribution in [0.15, 0.2) is 0 Å². The fourth-order valence-electron chi connectivity index (χ4n) is 3.23. The van der Waals surface area contributed by atoms with Crippen molar-refractivity contribution in [2.45, 2.75) is 45.1 Å². The SMILES string of the molecule is CC(C)CNC(=O)N1CCCC(C(=O)NC2(C(=O)O)CCOCC2)C1. The topological polar surface area (TPSA) is 108 Å². The second-order valence-corrected chi connectivity index (χ2v) is 7.35. The molecule has 0 radical (unpaired) electrons. The normalized spacial score (nSPS) is 23.2. The second-order valence-electron chi connectivity index (χ2n) is 7.35. The average Bonchev–Trinajstić information content (AvgIpc) is 2.60. The van der Waals surface area contributed by atoms with E-state index in [1.54, 1.807) is 4.90 Å². The van der Waals surface area contributed by atoms with Crippen LogP contribution in [0.5, 0.6) is 0 Å². The molecular weight excluding hydrogens is 326 g/mol. The summed E-state index contributed by atoms with van der Waals surface area (Å²) >= 11 is 0. The van der Waals surface area contributed by atoms with Gasteiger partial charge in [-0.3, -0.25) is 4.79 Å². The van der Waals surface area contributed by atoms with Gasteiger partial charge in [-0.25, -0.2) is 9.59 Å². The molecule has 2 heterocycles. The zero-order valence-electron chi connectivity index (χ0n) is 15.0. The highest BCUT2D eigenvalue weighted by atomic mass is 16.5. The zero-order valence-corrected chi connectivity index (χ0v) is 15.0. The fourth-order valence-corrected chi connectivity index (χ4v) is 3.23. The van der Waals surface area contributed by atoms with Gasteiger partial charge in [-0.15, -0.1) is 0 Å². The lowest BCUT2D eigenvalue weighted by molar-refractivity contribution is -0.153. The minimum absolute atomic E-state index is 0.162. The van der Waals surface area contributed by atoms with Crippen LogP contribution in [0.25, 0.3) is 0 Å². The Kier molecular flexibility index (Phi) is 6.64. The van der Waals surface area contributed by atoms with E-state index < -0.39 is 11.5 Å². The van der Waals surface area contributed by atoms with Crippen LogP contribution in [0.2, 0.25) is 0 Å². The molecule has 25 heavy (non-hydrogen) atoms. The van der Waals surface area contributed by atoms with Crippen molar-refractivity contribution in [1.82, 2.24) is 15.5 Å². The summed E-state index contributed by atoms with van der Waals surface area (Å²) in [7, 11) is 0. The molecule has 2 fully saturated rings. The summed E-state index contributed by atoms with van der Waals surface area (Å²) in [5.41, 5.74) is -1.25. The lowest BCUT2D eigenvalue weighted by Gasteiger charge is -2.37. The zero-order chi connectivity index (χ0) is 18.4. The van der Waals surface area contributed by atoms with E-state index >= 15 is 0 Å². The number of carboxylic acid groups (broad SMARTS) is 1. The standard InChI is InChI=1S/C17H29N3O5/c1-12(2)10-18-16(24)20-7-3-4-13(11-20)14(21)19-17(15(22)23)5-8-25-9-6-17/h12-13H,3-11H2,1-2H3,(H,18,24)(H,19,21)(H,22,23). The molecule has 0 saturated carbocycles. The van der Waals surface area contributed by atoms with Crippen molar-refractivity contribution in [3.05, 3.63) is 0 Å². The Morgan fingerprint density at radius 1 is 1.28 bits per heavy atom. The van der Waals surface area contributed by atoms with E-state index in [-0.39, 0.29) is 30.7 Å². The van der Waals surface area contributed by atoms with Gasteiger partial charge in [-0.2, -0.15) is 0 Å². The predicted molar refractivity (Wildman–Crippen MR) is 91.1 cm³/mol. The number of nitrogens with zero attached hydrogens (tertiary/aromatic N) is 1. The van der Waals surface area contributed by atoms with Gasteiger partial charge in [0.25, 0.3) is 0 Å². The highest BCUT2D eigenvalue weighted by Gasteiger charge is 2.43. The number of hydrogen-bond acceptors (Lipinski definition) is 4. The molecule has 2 aliphatic heterocycles. The number of carboxylic acids is 1. The number of amides is 3. The van der Waals surface area contributed by atoms with Gasteiger partial charge in [-0.1, -0.05) is 13.8 Å². The van der Waals surface area contributed by atoms with Crippen molar-refractivity contribution >= 4 is 17.9 Å². The van der Waals surface area contributed by atoms with E-state index in [4.69, 9.17) is 4.74 Å². The first-order valence-electron chi connectivity index (χ1n) is 9.00. The highest BCUT2D eigenvalue weighted by Crippen LogP contribution is 2.24. The Balaban J connectivity index is 1.94. The Labute approximate surface area is 148 Å². The van der Waals surface area contributed by atoms with E-state index in [2.05, 4.69) is 10.6 Å². The lowest BCUT2D eigenvalue weighted by Crippen LogP contribution is -2.60. The maximum absolute atomic E-state index is 12.6. The molecular formula is C17H29N3O5. The summed E-state index contributed by atoms with van der Waals surface area (Å²) in [6, 6.07) is -0.162. The first-order chi connectivity index (χ1) is 11.8. The van der Waals surface area contributed by atoms with Crippen molar-refractivity contribution in [2.24, 2.45) is 11.8 Å². The van der Waals surface area contributed by atoms with Gasteiger partial charge < -0.3 is 25.4 Å². The first-order valence-corrected chi connectivity index (χ1v) is 9.00. The molecule has 2 rings (SSSR count). The number of nitrogens with one attached hydrogen (secondary N) is 2. The number of aliphatic carboxylic acids is 1. The average molecular weight is 355 g/mol. The molecule has 0 aromatic rings. The summed E-state index contributed by atoms with van der Waals surface area (Å²) in [6.07, 6.45) is 1.92.